The first-order valence-corrected chi connectivity index (χ1v) is 12.9. The van der Waals surface area contributed by atoms with Gasteiger partial charge in [-0.1, -0.05) is 17.7 Å². The number of amides is 1. The third-order valence-electron chi connectivity index (χ3n) is 7.95. The smallest absolute Gasteiger partial charge is 0.228 e. The summed E-state index contributed by atoms with van der Waals surface area (Å²) in [6, 6.07) is 11.3. The zero-order valence-electron chi connectivity index (χ0n) is 19.2. The molecule has 2 N–H and O–H groups in total. The van der Waals surface area contributed by atoms with E-state index in [1.54, 1.807) is 6.07 Å². The van der Waals surface area contributed by atoms with Crippen molar-refractivity contribution in [2.75, 3.05) is 5.32 Å². The van der Waals surface area contributed by atoms with Crippen molar-refractivity contribution in [2.45, 2.75) is 51.9 Å². The number of oxazole rings is 1. The minimum atomic E-state index is 0.0166. The molecule has 4 fully saturated rings. The Morgan fingerprint density at radius 3 is 2.53 bits per heavy atom. The SMILES string of the molecule is Cc1ccc2nc(-c3cc(NC(=S)NC(=O)CC45CC6CC(CC(C6)C4)C5)ccc3Cl)oc2c1. The van der Waals surface area contributed by atoms with Crippen LogP contribution in [0.4, 0.5) is 5.69 Å². The maximum absolute atomic E-state index is 12.9. The predicted octanol–water partition coefficient (Wildman–Crippen LogP) is 6.88. The molecule has 0 aliphatic heterocycles. The van der Waals surface area contributed by atoms with Gasteiger partial charge in [0.2, 0.25) is 11.8 Å². The van der Waals surface area contributed by atoms with E-state index in [0.29, 0.717) is 28.0 Å². The van der Waals surface area contributed by atoms with E-state index in [0.717, 1.165) is 40.1 Å². The van der Waals surface area contributed by atoms with Crippen LogP contribution in [0.1, 0.15) is 50.5 Å². The Labute approximate surface area is 209 Å². The number of halogens is 1. The molecule has 0 atom stereocenters. The quantitative estimate of drug-likeness (QED) is 0.388. The molecule has 0 spiro atoms. The third kappa shape index (κ3) is 4.22. The van der Waals surface area contributed by atoms with E-state index in [4.69, 9.17) is 28.2 Å². The minimum absolute atomic E-state index is 0.0166. The molecule has 2 aromatic carbocycles. The summed E-state index contributed by atoms with van der Waals surface area (Å²) in [5.74, 6) is 2.95. The molecule has 5 nitrogen and oxygen atoms in total. The van der Waals surface area contributed by atoms with Crippen molar-refractivity contribution in [3.8, 4) is 11.5 Å². The number of anilines is 1. The highest BCUT2D eigenvalue weighted by atomic mass is 35.5. The van der Waals surface area contributed by atoms with Gasteiger partial charge in [0, 0.05) is 12.1 Å². The molecule has 4 aliphatic rings. The summed E-state index contributed by atoms with van der Waals surface area (Å²) in [6.45, 7) is 2.01. The van der Waals surface area contributed by atoms with Crippen LogP contribution in [0.3, 0.4) is 0 Å². The van der Waals surface area contributed by atoms with Crippen LogP contribution in [0.2, 0.25) is 5.02 Å². The Morgan fingerprint density at radius 1 is 1.12 bits per heavy atom. The first-order chi connectivity index (χ1) is 16.3. The Kier molecular flexibility index (Phi) is 5.41. The number of nitrogens with zero attached hydrogens (tertiary/aromatic N) is 1. The Morgan fingerprint density at radius 2 is 1.82 bits per heavy atom. The van der Waals surface area contributed by atoms with Crippen molar-refractivity contribution < 1.29 is 9.21 Å². The summed E-state index contributed by atoms with van der Waals surface area (Å²) in [7, 11) is 0. The van der Waals surface area contributed by atoms with E-state index in [9.17, 15) is 4.79 Å². The summed E-state index contributed by atoms with van der Waals surface area (Å²) < 4.78 is 5.95. The number of hydrogen-bond acceptors (Lipinski definition) is 4. The summed E-state index contributed by atoms with van der Waals surface area (Å²) in [4.78, 5) is 17.5. The highest BCUT2D eigenvalue weighted by Gasteiger charge is 2.51. The van der Waals surface area contributed by atoms with Gasteiger partial charge < -0.3 is 15.1 Å². The number of benzene rings is 2. The lowest BCUT2D eigenvalue weighted by Crippen LogP contribution is -2.48. The van der Waals surface area contributed by atoms with Crippen LogP contribution in [-0.4, -0.2) is 16.0 Å². The molecule has 4 saturated carbocycles. The van der Waals surface area contributed by atoms with Gasteiger partial charge in [0.1, 0.15) is 5.52 Å². The van der Waals surface area contributed by atoms with Gasteiger partial charge in [-0.25, -0.2) is 4.98 Å². The average molecular weight is 494 g/mol. The van der Waals surface area contributed by atoms with Gasteiger partial charge in [-0.3, -0.25) is 4.79 Å². The van der Waals surface area contributed by atoms with Crippen molar-refractivity contribution >= 4 is 51.6 Å². The molecule has 4 bridgehead atoms. The van der Waals surface area contributed by atoms with Crippen molar-refractivity contribution in [1.29, 1.82) is 0 Å². The van der Waals surface area contributed by atoms with E-state index in [1.807, 2.05) is 37.3 Å². The van der Waals surface area contributed by atoms with Crippen molar-refractivity contribution in [1.82, 2.24) is 10.3 Å². The highest BCUT2D eigenvalue weighted by molar-refractivity contribution is 7.80. The van der Waals surface area contributed by atoms with Crippen LogP contribution in [0.25, 0.3) is 22.6 Å². The van der Waals surface area contributed by atoms with Crippen LogP contribution in [0, 0.1) is 30.1 Å². The predicted molar refractivity (Wildman–Crippen MR) is 139 cm³/mol. The first-order valence-electron chi connectivity index (χ1n) is 12.1. The van der Waals surface area contributed by atoms with Crippen molar-refractivity contribution in [3.63, 3.8) is 0 Å². The summed E-state index contributed by atoms with van der Waals surface area (Å²) in [5, 5.41) is 6.88. The molecule has 3 aromatic rings. The van der Waals surface area contributed by atoms with Crippen LogP contribution in [0.15, 0.2) is 40.8 Å². The molecular formula is C27H28ClN3O2S. The Bertz CT molecular complexity index is 1260. The number of thiocarbonyl (C=S) groups is 1. The van der Waals surface area contributed by atoms with Crippen LogP contribution >= 0.6 is 23.8 Å². The molecule has 0 saturated heterocycles. The number of carbonyl (C=O) groups is 1. The zero-order chi connectivity index (χ0) is 23.4. The lowest BCUT2D eigenvalue weighted by atomic mass is 9.49. The van der Waals surface area contributed by atoms with E-state index in [2.05, 4.69) is 15.6 Å². The number of aryl methyl sites for hydroxylation is 1. The van der Waals surface area contributed by atoms with Gasteiger partial charge in [0.15, 0.2) is 10.7 Å². The third-order valence-corrected chi connectivity index (χ3v) is 8.49. The molecule has 1 aromatic heterocycles. The minimum Gasteiger partial charge on any atom is -0.436 e. The molecule has 176 valence electrons. The molecule has 1 heterocycles. The number of hydrogen-bond donors (Lipinski definition) is 2. The van der Waals surface area contributed by atoms with Gasteiger partial charge in [-0.15, -0.1) is 0 Å². The van der Waals surface area contributed by atoms with Gasteiger partial charge in [-0.2, -0.15) is 0 Å². The lowest BCUT2D eigenvalue weighted by molar-refractivity contribution is -0.127. The van der Waals surface area contributed by atoms with Crippen LogP contribution in [0.5, 0.6) is 0 Å². The van der Waals surface area contributed by atoms with E-state index in [-0.39, 0.29) is 11.3 Å². The standard InChI is InChI=1S/C27H28ClN3O2S/c1-15-2-5-22-23(6-15)33-25(30-22)20-10-19(3-4-21(20)28)29-26(34)31-24(32)14-27-11-16-7-17(12-27)9-18(8-16)13-27/h2-6,10,16-18H,7-9,11-14H2,1H3,(H2,29,31,32,34). The molecule has 7 rings (SSSR count). The van der Waals surface area contributed by atoms with Gasteiger partial charge >= 0.3 is 0 Å². The average Bonchev–Trinajstić information content (AvgIpc) is 3.16. The zero-order valence-corrected chi connectivity index (χ0v) is 20.8. The number of aromatic nitrogens is 1. The first kappa shape index (κ1) is 22.1. The van der Waals surface area contributed by atoms with Gasteiger partial charge in [0.25, 0.3) is 0 Å². The highest BCUT2D eigenvalue weighted by Crippen LogP contribution is 2.61. The monoisotopic (exact) mass is 493 g/mol. The maximum atomic E-state index is 12.9. The van der Waals surface area contributed by atoms with Gasteiger partial charge in [-0.05, 0) is 117 Å². The molecule has 1 amide bonds. The molecule has 7 heteroatoms. The molecule has 0 unspecified atom stereocenters. The number of carbonyl (C=O) groups excluding carboxylic acids is 1. The van der Waals surface area contributed by atoms with E-state index in [1.165, 1.54) is 38.5 Å². The second-order valence-electron chi connectivity index (χ2n) is 10.8. The number of nitrogens with one attached hydrogen (secondary N) is 2. The molecule has 4 aliphatic carbocycles. The summed E-state index contributed by atoms with van der Waals surface area (Å²) in [6.07, 6.45) is 8.32. The second-order valence-corrected chi connectivity index (χ2v) is 11.6. The van der Waals surface area contributed by atoms with E-state index >= 15 is 0 Å². The molecular weight excluding hydrogens is 466 g/mol. The maximum Gasteiger partial charge on any atom is 0.228 e. The lowest BCUT2D eigenvalue weighted by Gasteiger charge is -2.56. The Balaban J connectivity index is 1.13. The van der Waals surface area contributed by atoms with Crippen LogP contribution < -0.4 is 10.6 Å². The van der Waals surface area contributed by atoms with Gasteiger partial charge in [0.05, 0.1) is 10.6 Å². The van der Waals surface area contributed by atoms with Crippen molar-refractivity contribution in [2.24, 2.45) is 23.2 Å². The fourth-order valence-corrected chi connectivity index (χ4v) is 7.52. The van der Waals surface area contributed by atoms with E-state index < -0.39 is 0 Å². The summed E-state index contributed by atoms with van der Waals surface area (Å²) in [5.41, 5.74) is 4.18. The van der Waals surface area contributed by atoms with Crippen LogP contribution in [-0.2, 0) is 4.79 Å². The fourth-order valence-electron chi connectivity index (χ4n) is 7.09. The second kappa shape index (κ2) is 8.35. The largest absolute Gasteiger partial charge is 0.436 e. The molecule has 0 radical (unpaired) electrons. The number of fused-ring (bicyclic) bond motifs is 1. The summed E-state index contributed by atoms with van der Waals surface area (Å²) >= 11 is 11.9. The number of rotatable bonds is 4. The molecule has 34 heavy (non-hydrogen) atoms. The fraction of sp³-hybridized carbons (Fsp3) is 0.444. The Hall–Kier alpha value is -2.44. The van der Waals surface area contributed by atoms with Crippen molar-refractivity contribution in [3.05, 3.63) is 47.0 Å². The normalized spacial score (nSPS) is 27.2. The topological polar surface area (TPSA) is 67.2 Å².